The maximum Gasteiger partial charge on any atom is 0.270 e. The molecule has 9 nitrogen and oxygen atoms in total. The lowest BCUT2D eigenvalue weighted by Crippen LogP contribution is -2.40. The summed E-state index contributed by atoms with van der Waals surface area (Å²) in [5.41, 5.74) is 0.755. The Bertz CT molecular complexity index is 1240. The second-order valence-corrected chi connectivity index (χ2v) is 9.44. The third-order valence-corrected chi connectivity index (χ3v) is 7.16. The van der Waals surface area contributed by atoms with Crippen LogP contribution in [0, 0.1) is 0 Å². The number of H-pyrrole nitrogens is 1. The van der Waals surface area contributed by atoms with E-state index in [-0.39, 0.29) is 36.1 Å². The van der Waals surface area contributed by atoms with Gasteiger partial charge in [0.15, 0.2) is 0 Å². The molecule has 4 rings (SSSR count). The van der Waals surface area contributed by atoms with E-state index < -0.39 is 15.9 Å². The van der Waals surface area contributed by atoms with Gasteiger partial charge in [0.05, 0.1) is 19.8 Å². The molecule has 0 atom stereocenters. The van der Waals surface area contributed by atoms with Gasteiger partial charge in [0.25, 0.3) is 5.91 Å². The minimum atomic E-state index is -3.71. The molecule has 1 saturated heterocycles. The maximum absolute atomic E-state index is 12.7. The molecule has 0 spiro atoms. The van der Waals surface area contributed by atoms with Gasteiger partial charge in [-0.15, -0.1) is 0 Å². The van der Waals surface area contributed by atoms with Gasteiger partial charge >= 0.3 is 0 Å². The zero-order valence-corrected chi connectivity index (χ0v) is 18.4. The number of aromatic amines is 1. The molecule has 1 fully saturated rings. The quantitative estimate of drug-likeness (QED) is 0.588. The molecule has 1 aliphatic heterocycles. The first-order valence-electron chi connectivity index (χ1n) is 10.2. The predicted octanol–water partition coefficient (Wildman–Crippen LogP) is 1.90. The number of likely N-dealkylation sites (N-methyl/N-ethyl adjacent to an activating group) is 1. The number of hydrogen-bond acceptors (Lipinski definition) is 5. The van der Waals surface area contributed by atoms with Crippen molar-refractivity contribution >= 4 is 38.3 Å². The molecule has 3 aromatic rings. The van der Waals surface area contributed by atoms with Gasteiger partial charge in [-0.3, -0.25) is 9.59 Å². The fourth-order valence-electron chi connectivity index (χ4n) is 3.60. The summed E-state index contributed by atoms with van der Waals surface area (Å²) in [6, 6.07) is 14.6. The van der Waals surface area contributed by atoms with Gasteiger partial charge in [-0.05, 0) is 17.5 Å². The Labute approximate surface area is 186 Å². The van der Waals surface area contributed by atoms with Crippen molar-refractivity contribution in [3.05, 3.63) is 60.4 Å². The third-order valence-electron chi connectivity index (χ3n) is 5.29. The fraction of sp³-hybridized carbons (Fsp3) is 0.273. The van der Waals surface area contributed by atoms with Crippen molar-refractivity contribution in [2.45, 2.75) is 4.90 Å². The van der Waals surface area contributed by atoms with E-state index in [0.717, 1.165) is 10.8 Å². The van der Waals surface area contributed by atoms with Gasteiger partial charge in [-0.1, -0.05) is 36.4 Å². The SMILES string of the molecule is CN(CC(=O)Nc1cccc2ccccc12)C(=O)c1cc(S(=O)(=O)N2CCOCC2)c[nH]1. The summed E-state index contributed by atoms with van der Waals surface area (Å²) in [5, 5.41) is 4.74. The zero-order valence-electron chi connectivity index (χ0n) is 17.6. The van der Waals surface area contributed by atoms with Gasteiger partial charge in [0.1, 0.15) is 10.6 Å². The van der Waals surface area contributed by atoms with Crippen molar-refractivity contribution in [2.75, 3.05) is 45.2 Å². The van der Waals surface area contributed by atoms with E-state index >= 15 is 0 Å². The molecule has 2 amide bonds. The first kappa shape index (κ1) is 22.0. The summed E-state index contributed by atoms with van der Waals surface area (Å²) in [6.45, 7) is 1.02. The molecule has 0 saturated carbocycles. The number of nitrogens with one attached hydrogen (secondary N) is 2. The van der Waals surface area contributed by atoms with Crippen LogP contribution in [0.3, 0.4) is 0 Å². The molecule has 0 aliphatic carbocycles. The van der Waals surface area contributed by atoms with Crippen LogP contribution in [-0.4, -0.2) is 74.3 Å². The summed E-state index contributed by atoms with van der Waals surface area (Å²) in [4.78, 5) is 29.3. The molecular formula is C22H24N4O5S. The Balaban J connectivity index is 1.42. The van der Waals surface area contributed by atoms with E-state index in [0.29, 0.717) is 18.9 Å². The third kappa shape index (κ3) is 4.52. The van der Waals surface area contributed by atoms with Crippen molar-refractivity contribution in [1.29, 1.82) is 0 Å². The lowest BCUT2D eigenvalue weighted by atomic mass is 10.1. The summed E-state index contributed by atoms with van der Waals surface area (Å²) in [7, 11) is -2.22. The van der Waals surface area contributed by atoms with Crippen LogP contribution in [0.25, 0.3) is 10.8 Å². The van der Waals surface area contributed by atoms with Crippen LogP contribution in [0.1, 0.15) is 10.5 Å². The van der Waals surface area contributed by atoms with Crippen molar-refractivity contribution in [3.63, 3.8) is 0 Å². The van der Waals surface area contributed by atoms with Crippen LogP contribution in [0.15, 0.2) is 59.6 Å². The van der Waals surface area contributed by atoms with Crippen LogP contribution < -0.4 is 5.32 Å². The number of hydrogen-bond donors (Lipinski definition) is 2. The molecule has 0 unspecified atom stereocenters. The number of benzene rings is 2. The van der Waals surface area contributed by atoms with Crippen molar-refractivity contribution in [2.24, 2.45) is 0 Å². The molecule has 0 bridgehead atoms. The van der Waals surface area contributed by atoms with Crippen LogP contribution in [0.2, 0.25) is 0 Å². The number of morpholine rings is 1. The smallest absolute Gasteiger partial charge is 0.270 e. The number of nitrogens with zero attached hydrogens (tertiary/aromatic N) is 2. The first-order chi connectivity index (χ1) is 15.4. The predicted molar refractivity (Wildman–Crippen MR) is 120 cm³/mol. The number of carbonyl (C=O) groups is 2. The highest BCUT2D eigenvalue weighted by molar-refractivity contribution is 7.89. The minimum Gasteiger partial charge on any atom is -0.379 e. The summed E-state index contributed by atoms with van der Waals surface area (Å²) in [5.74, 6) is -0.841. The molecule has 1 aliphatic rings. The molecule has 2 aromatic carbocycles. The average Bonchev–Trinajstić information content (AvgIpc) is 3.30. The van der Waals surface area contributed by atoms with Crippen molar-refractivity contribution < 1.29 is 22.7 Å². The largest absolute Gasteiger partial charge is 0.379 e. The maximum atomic E-state index is 12.7. The van der Waals surface area contributed by atoms with E-state index in [9.17, 15) is 18.0 Å². The Morgan fingerprint density at radius 2 is 1.84 bits per heavy atom. The molecule has 168 valence electrons. The van der Waals surface area contributed by atoms with Gasteiger partial charge in [-0.2, -0.15) is 4.31 Å². The Morgan fingerprint density at radius 1 is 1.12 bits per heavy atom. The standard InChI is InChI=1S/C22H24N4O5S/c1-25(15-21(27)24-19-8-4-6-16-5-2-3-7-18(16)19)22(28)20-13-17(14-23-20)32(29,30)26-9-11-31-12-10-26/h2-8,13-14,23H,9-12,15H2,1H3,(H,24,27). The topological polar surface area (TPSA) is 112 Å². The molecule has 2 heterocycles. The van der Waals surface area contributed by atoms with E-state index in [2.05, 4.69) is 10.3 Å². The molecule has 0 radical (unpaired) electrons. The normalized spacial score (nSPS) is 14.9. The number of carbonyl (C=O) groups excluding carboxylic acids is 2. The number of amides is 2. The summed E-state index contributed by atoms with van der Waals surface area (Å²) < 4.78 is 32.0. The lowest BCUT2D eigenvalue weighted by molar-refractivity contribution is -0.116. The van der Waals surface area contributed by atoms with E-state index in [1.807, 2.05) is 36.4 Å². The summed E-state index contributed by atoms with van der Waals surface area (Å²) in [6.07, 6.45) is 1.29. The highest BCUT2D eigenvalue weighted by Gasteiger charge is 2.28. The van der Waals surface area contributed by atoms with Crippen LogP contribution in [0.4, 0.5) is 5.69 Å². The van der Waals surface area contributed by atoms with Crippen LogP contribution in [0.5, 0.6) is 0 Å². The molecular weight excluding hydrogens is 432 g/mol. The van der Waals surface area contributed by atoms with E-state index in [4.69, 9.17) is 4.74 Å². The van der Waals surface area contributed by atoms with Gasteiger partial charge in [-0.25, -0.2) is 8.42 Å². The number of ether oxygens (including phenoxy) is 1. The highest BCUT2D eigenvalue weighted by Crippen LogP contribution is 2.23. The van der Waals surface area contributed by atoms with Gasteiger partial charge < -0.3 is 19.9 Å². The molecule has 1 aromatic heterocycles. The Morgan fingerprint density at radius 3 is 2.62 bits per heavy atom. The van der Waals surface area contributed by atoms with Gasteiger partial charge in [0, 0.05) is 37.4 Å². The second-order valence-electron chi connectivity index (χ2n) is 7.50. The van der Waals surface area contributed by atoms with Crippen molar-refractivity contribution in [3.8, 4) is 0 Å². The number of aromatic nitrogens is 1. The number of fused-ring (bicyclic) bond motifs is 1. The number of anilines is 1. The van der Waals surface area contributed by atoms with E-state index in [1.54, 1.807) is 6.07 Å². The number of rotatable bonds is 6. The lowest BCUT2D eigenvalue weighted by Gasteiger charge is -2.25. The van der Waals surface area contributed by atoms with E-state index in [1.165, 1.54) is 28.5 Å². The van der Waals surface area contributed by atoms with Crippen molar-refractivity contribution in [1.82, 2.24) is 14.2 Å². The Hall–Kier alpha value is -3.21. The van der Waals surface area contributed by atoms with Gasteiger partial charge in [0.2, 0.25) is 15.9 Å². The molecule has 10 heteroatoms. The highest BCUT2D eigenvalue weighted by atomic mass is 32.2. The summed E-state index contributed by atoms with van der Waals surface area (Å²) >= 11 is 0. The average molecular weight is 457 g/mol. The minimum absolute atomic E-state index is 0.0105. The second kappa shape index (κ2) is 9.11. The van der Waals surface area contributed by atoms with Crippen LogP contribution >= 0.6 is 0 Å². The fourth-order valence-corrected chi connectivity index (χ4v) is 5.00. The number of sulfonamides is 1. The monoisotopic (exact) mass is 456 g/mol. The molecule has 32 heavy (non-hydrogen) atoms. The molecule has 2 N–H and O–H groups in total. The first-order valence-corrected chi connectivity index (χ1v) is 11.6. The van der Waals surface area contributed by atoms with Crippen LogP contribution in [-0.2, 0) is 19.6 Å². The zero-order chi connectivity index (χ0) is 22.7. The Kier molecular flexibility index (Phi) is 6.26.